The van der Waals surface area contributed by atoms with Crippen LogP contribution >= 0.6 is 17.0 Å². The molecule has 0 bridgehead atoms. The van der Waals surface area contributed by atoms with E-state index in [0.717, 1.165) is 23.7 Å². The van der Waals surface area contributed by atoms with Crippen molar-refractivity contribution in [2.45, 2.75) is 75.2 Å². The first kappa shape index (κ1) is 33.5. The van der Waals surface area contributed by atoms with Gasteiger partial charge in [-0.15, -0.1) is 0 Å². The summed E-state index contributed by atoms with van der Waals surface area (Å²) in [4.78, 5) is 0. The average molecular weight is 599 g/mol. The van der Waals surface area contributed by atoms with Crippen molar-refractivity contribution < 1.29 is 20.8 Å². The Morgan fingerprint density at radius 1 is 0.771 bits per heavy atom. The van der Waals surface area contributed by atoms with Gasteiger partial charge in [-0.1, -0.05) is 105 Å². The molecule has 3 heteroatoms. The van der Waals surface area contributed by atoms with Gasteiger partial charge in [0, 0.05) is 0 Å². The van der Waals surface area contributed by atoms with E-state index in [1.54, 1.807) is 0 Å². The predicted octanol–water partition coefficient (Wildman–Crippen LogP) is 10.8. The summed E-state index contributed by atoms with van der Waals surface area (Å²) >= 11 is -0.826. The molecule has 0 aromatic rings. The third kappa shape index (κ3) is 6.90. The van der Waals surface area contributed by atoms with Crippen molar-refractivity contribution in [1.29, 1.82) is 0 Å². The van der Waals surface area contributed by atoms with Crippen LogP contribution in [0.15, 0.2) is 48.1 Å². The molecule has 8 unspecified atom stereocenters. The number of halogens is 2. The molecule has 0 heterocycles. The minimum atomic E-state index is -0.826. The predicted molar refractivity (Wildman–Crippen MR) is 156 cm³/mol. The Labute approximate surface area is 238 Å². The molecular formula is C32H52Cl2Zr. The number of hydrogen-bond acceptors (Lipinski definition) is 0. The van der Waals surface area contributed by atoms with Crippen molar-refractivity contribution in [3.63, 3.8) is 0 Å². The van der Waals surface area contributed by atoms with Gasteiger partial charge in [0.15, 0.2) is 0 Å². The molecule has 35 heavy (non-hydrogen) atoms. The molecule has 4 aliphatic rings. The van der Waals surface area contributed by atoms with Gasteiger partial charge in [0.1, 0.15) is 0 Å². The summed E-state index contributed by atoms with van der Waals surface area (Å²) in [5, 5.41) is 0. The van der Waals surface area contributed by atoms with Crippen LogP contribution < -0.4 is 0 Å². The van der Waals surface area contributed by atoms with Crippen LogP contribution in [0.5, 0.6) is 0 Å². The van der Waals surface area contributed by atoms with E-state index in [1.807, 2.05) is 0 Å². The summed E-state index contributed by atoms with van der Waals surface area (Å²) < 4.78 is 0. The number of allylic oxidation sites excluding steroid dienone is 8. The standard InChI is InChI=1S/C30H46.2CH3.2ClH.Zr/c1-19-16-21(29(5,6)7)18-26(19)30(8,9)27-23-13-11-10-12-22(23)25-17-20(28(2,3)4)14-15-24(25)27;;;;;/h10-15,17,19,21-27H,16,18H2,1-9H3;2*1H3;2*1H;/q;2*-1;;;+4/p-2. The third-order valence-electron chi connectivity index (χ3n) is 9.60. The van der Waals surface area contributed by atoms with Crippen LogP contribution in [0.25, 0.3) is 0 Å². The zero-order valence-electron chi connectivity index (χ0n) is 24.3. The normalized spacial score (nSPS) is 35.5. The molecule has 0 saturated heterocycles. The monoisotopic (exact) mass is 596 g/mol. The fourth-order valence-corrected chi connectivity index (χ4v) is 7.82. The third-order valence-corrected chi connectivity index (χ3v) is 9.60. The molecular weight excluding hydrogens is 546 g/mol. The van der Waals surface area contributed by atoms with Gasteiger partial charge in [-0.3, -0.25) is 0 Å². The van der Waals surface area contributed by atoms with Gasteiger partial charge < -0.3 is 14.9 Å². The molecule has 2 saturated carbocycles. The van der Waals surface area contributed by atoms with E-state index in [-0.39, 0.29) is 20.3 Å². The molecule has 0 aliphatic heterocycles. The molecule has 0 spiro atoms. The van der Waals surface area contributed by atoms with Crippen molar-refractivity contribution in [2.75, 3.05) is 0 Å². The van der Waals surface area contributed by atoms with Crippen LogP contribution in [0.1, 0.15) is 75.2 Å². The zero-order valence-corrected chi connectivity index (χ0v) is 28.3. The van der Waals surface area contributed by atoms with Crippen LogP contribution in [0, 0.1) is 78.4 Å². The average Bonchev–Trinajstić information content (AvgIpc) is 3.26. The van der Waals surface area contributed by atoms with E-state index >= 15 is 0 Å². The van der Waals surface area contributed by atoms with Crippen LogP contribution in [-0.2, 0) is 20.8 Å². The first-order valence-corrected chi connectivity index (χ1v) is 19.3. The van der Waals surface area contributed by atoms with Crippen molar-refractivity contribution in [2.24, 2.45) is 63.6 Å². The summed E-state index contributed by atoms with van der Waals surface area (Å²) in [5.41, 5.74) is 2.56. The molecule has 0 N–H and O–H groups in total. The Bertz CT molecular complexity index is 804. The molecule has 4 rings (SSSR count). The molecule has 198 valence electrons. The summed E-state index contributed by atoms with van der Waals surface area (Å²) in [6, 6.07) is 0. The van der Waals surface area contributed by atoms with Gasteiger partial charge in [-0.05, 0) is 82.0 Å². The topological polar surface area (TPSA) is 0 Å². The summed E-state index contributed by atoms with van der Waals surface area (Å²) in [6.07, 6.45) is 20.3. The van der Waals surface area contributed by atoms with Gasteiger partial charge in [0.05, 0.1) is 0 Å². The van der Waals surface area contributed by atoms with Gasteiger partial charge in [-0.2, -0.15) is 0 Å². The van der Waals surface area contributed by atoms with Crippen molar-refractivity contribution in [3.8, 4) is 0 Å². The zero-order chi connectivity index (χ0) is 24.8. The quantitative estimate of drug-likeness (QED) is 0.277. The van der Waals surface area contributed by atoms with Crippen LogP contribution in [0.2, 0.25) is 0 Å². The summed E-state index contributed by atoms with van der Waals surface area (Å²) in [7, 11) is 9.87. The number of rotatable bonds is 2. The Kier molecular flexibility index (Phi) is 12.0. The maximum absolute atomic E-state index is 4.93. The van der Waals surface area contributed by atoms with Crippen LogP contribution in [0.4, 0.5) is 0 Å². The summed E-state index contributed by atoms with van der Waals surface area (Å²) in [6.45, 7) is 22.3. The number of hydrogen-bond donors (Lipinski definition) is 0. The molecule has 0 amide bonds. The van der Waals surface area contributed by atoms with Crippen molar-refractivity contribution >= 4 is 17.0 Å². The second kappa shape index (κ2) is 12.5. The van der Waals surface area contributed by atoms with E-state index < -0.39 is 20.8 Å². The molecule has 0 radical (unpaired) electrons. The molecule has 2 fully saturated rings. The van der Waals surface area contributed by atoms with Crippen LogP contribution in [0.3, 0.4) is 0 Å². The molecule has 0 aromatic heterocycles. The Hall–Kier alpha value is 0.423. The van der Waals surface area contributed by atoms with Crippen LogP contribution in [-0.4, -0.2) is 0 Å². The second-order valence-corrected chi connectivity index (χ2v) is 17.6. The minimum absolute atomic E-state index is 0. The van der Waals surface area contributed by atoms with Gasteiger partial charge in [0.2, 0.25) is 0 Å². The van der Waals surface area contributed by atoms with E-state index in [1.165, 1.54) is 18.4 Å². The summed E-state index contributed by atoms with van der Waals surface area (Å²) in [5.74, 6) is 5.94. The molecule has 0 nitrogen and oxygen atoms in total. The molecule has 8 atom stereocenters. The molecule has 0 aromatic carbocycles. The Morgan fingerprint density at radius 2 is 1.29 bits per heavy atom. The van der Waals surface area contributed by atoms with Crippen molar-refractivity contribution in [1.82, 2.24) is 0 Å². The maximum atomic E-state index is 4.93. The second-order valence-electron chi connectivity index (χ2n) is 13.8. The Balaban J connectivity index is 0.00000117. The Morgan fingerprint density at radius 3 is 1.77 bits per heavy atom. The number of fused-ring (bicyclic) bond motifs is 3. The fraction of sp³-hybridized carbons (Fsp3) is 0.688. The van der Waals surface area contributed by atoms with E-state index in [2.05, 4.69) is 105 Å². The van der Waals surface area contributed by atoms with E-state index in [9.17, 15) is 0 Å². The molecule has 4 aliphatic carbocycles. The first-order chi connectivity index (χ1) is 15.2. The van der Waals surface area contributed by atoms with E-state index in [0.29, 0.717) is 34.5 Å². The van der Waals surface area contributed by atoms with Gasteiger partial charge in [-0.25, -0.2) is 0 Å². The first-order valence-electron chi connectivity index (χ1n) is 12.9. The fourth-order valence-electron chi connectivity index (χ4n) is 7.82. The SMILES string of the molecule is CC1CC(C(C)(C)C)CC1C(C)(C)C1C2C=CC=CC2C2C=C(C(C)(C)C)C=CC21.[CH3-].[CH3-].[Cl][Zr+2][Cl]. The van der Waals surface area contributed by atoms with Crippen molar-refractivity contribution in [3.05, 3.63) is 63.0 Å². The van der Waals surface area contributed by atoms with Gasteiger partial charge in [0.25, 0.3) is 0 Å². The van der Waals surface area contributed by atoms with E-state index in [4.69, 9.17) is 17.0 Å². The van der Waals surface area contributed by atoms with Gasteiger partial charge >= 0.3 is 37.9 Å².